The zero-order valence-corrected chi connectivity index (χ0v) is 19.5. The Labute approximate surface area is 144 Å². The summed E-state index contributed by atoms with van der Waals surface area (Å²) in [4.78, 5) is 0. The zero-order valence-electron chi connectivity index (χ0n) is 16.1. The van der Waals surface area contributed by atoms with Crippen LogP contribution in [0.3, 0.4) is 0 Å². The molecule has 0 fully saturated rings. The van der Waals surface area contributed by atoms with Crippen LogP contribution in [0.1, 0.15) is 83.1 Å². The van der Waals surface area contributed by atoms with Crippen molar-refractivity contribution in [2.24, 2.45) is 0 Å². The van der Waals surface area contributed by atoms with Gasteiger partial charge in [0, 0.05) is 20.6 Å². The Hall–Kier alpha value is 1.26. The van der Waals surface area contributed by atoms with Crippen LogP contribution in [0.25, 0.3) is 0 Å². The van der Waals surface area contributed by atoms with Crippen molar-refractivity contribution >= 4 is 36.1 Å². The molecule has 0 aromatic rings. The number of hydrogen-bond acceptors (Lipinski definition) is 3. The van der Waals surface area contributed by atoms with Gasteiger partial charge in [0.25, 0.3) is 0 Å². The Kier molecular flexibility index (Phi) is 6.32. The fourth-order valence-corrected chi connectivity index (χ4v) is 14.1. The molecule has 1 nitrogen and oxygen atoms in total. The maximum atomic E-state index is 6.94. The van der Waals surface area contributed by atoms with Crippen LogP contribution in [-0.4, -0.2) is 20.6 Å². The molecule has 0 aromatic carbocycles. The van der Waals surface area contributed by atoms with Crippen LogP contribution in [0.5, 0.6) is 0 Å². The van der Waals surface area contributed by atoms with Crippen molar-refractivity contribution < 1.29 is 4.31 Å². The second kappa shape index (κ2) is 5.96. The lowest BCUT2D eigenvalue weighted by atomic mass is 10.2. The van der Waals surface area contributed by atoms with E-state index >= 15 is 0 Å². The fourth-order valence-electron chi connectivity index (χ4n) is 2.66. The fraction of sp³-hybridized carbons (Fsp3) is 1.00. The van der Waals surface area contributed by atoms with E-state index in [0.29, 0.717) is 0 Å². The van der Waals surface area contributed by atoms with E-state index in [1.54, 1.807) is 0 Å². The molecule has 128 valence electrons. The molecular formula is C16H36OP2S2. The summed E-state index contributed by atoms with van der Waals surface area (Å²) in [5, 5.41) is -0.218. The van der Waals surface area contributed by atoms with E-state index in [1.165, 1.54) is 0 Å². The lowest BCUT2D eigenvalue weighted by molar-refractivity contribution is 0.515. The summed E-state index contributed by atoms with van der Waals surface area (Å²) in [6.07, 6.45) is -4.25. The lowest BCUT2D eigenvalue weighted by Crippen LogP contribution is -2.35. The van der Waals surface area contributed by atoms with Gasteiger partial charge < -0.3 is 4.31 Å². The second-order valence-corrected chi connectivity index (χ2v) is 21.2. The van der Waals surface area contributed by atoms with E-state index in [1.807, 2.05) is 0 Å². The molecule has 0 saturated heterocycles. The third-order valence-electron chi connectivity index (χ3n) is 3.76. The average molecular weight is 371 g/mol. The summed E-state index contributed by atoms with van der Waals surface area (Å²) in [5.74, 6) is 0. The minimum absolute atomic E-state index is 0.0544. The highest BCUT2D eigenvalue weighted by Gasteiger charge is 2.52. The van der Waals surface area contributed by atoms with Gasteiger partial charge in [0.1, 0.15) is 0 Å². The first-order valence-electron chi connectivity index (χ1n) is 7.62. The van der Waals surface area contributed by atoms with Crippen molar-refractivity contribution in [3.8, 4) is 0 Å². The molecule has 0 aliphatic heterocycles. The average Bonchev–Trinajstić information content (AvgIpc) is 2.09. The molecule has 0 rings (SSSR count). The van der Waals surface area contributed by atoms with Gasteiger partial charge in [-0.2, -0.15) is 0 Å². The molecule has 0 atom stereocenters. The predicted octanol–water partition coefficient (Wildman–Crippen LogP) is 6.99. The summed E-state index contributed by atoms with van der Waals surface area (Å²) >= 11 is 12.4. The van der Waals surface area contributed by atoms with Crippen molar-refractivity contribution in [1.82, 2.24) is 0 Å². The maximum Gasteiger partial charge on any atom is 0.0830 e. The minimum atomic E-state index is -2.12. The molecule has 0 radical (unpaired) electrons. The molecule has 0 amide bonds. The molecule has 5 heteroatoms. The van der Waals surface area contributed by atoms with E-state index < -0.39 is 12.5 Å². The summed E-state index contributed by atoms with van der Waals surface area (Å²) in [6.45, 7) is 26.5. The van der Waals surface area contributed by atoms with E-state index in [9.17, 15) is 0 Å². The van der Waals surface area contributed by atoms with Gasteiger partial charge in [-0.05, 0) is 0 Å². The van der Waals surface area contributed by atoms with Crippen LogP contribution in [0.4, 0.5) is 0 Å². The molecule has 0 unspecified atom stereocenters. The van der Waals surface area contributed by atoms with Crippen molar-refractivity contribution in [2.45, 2.75) is 104 Å². The van der Waals surface area contributed by atoms with Gasteiger partial charge in [-0.25, -0.2) is 0 Å². The SMILES string of the molecule is CC(C)(C)P(=S)(OP(=S)(C(C)(C)C)C(C)(C)C)C(C)(C)C. The summed E-state index contributed by atoms with van der Waals surface area (Å²) < 4.78 is 6.94. The van der Waals surface area contributed by atoms with E-state index in [-0.39, 0.29) is 20.6 Å². The highest BCUT2D eigenvalue weighted by Crippen LogP contribution is 2.81. The van der Waals surface area contributed by atoms with Crippen LogP contribution in [0.2, 0.25) is 0 Å². The standard InChI is InChI=1S/C16H36OP2S2/c1-13(2,3)18(20,14(4,5)6)17-19(21,15(7,8)9)16(10,11)12/h1-12H3. The topological polar surface area (TPSA) is 9.23 Å². The molecule has 0 saturated carbocycles. The van der Waals surface area contributed by atoms with Gasteiger partial charge >= 0.3 is 0 Å². The Morgan fingerprint density at radius 2 is 0.619 bits per heavy atom. The highest BCUT2D eigenvalue weighted by molar-refractivity contribution is 8.21. The molecule has 21 heavy (non-hydrogen) atoms. The molecule has 0 aliphatic rings. The van der Waals surface area contributed by atoms with Crippen molar-refractivity contribution in [2.75, 3.05) is 0 Å². The third-order valence-corrected chi connectivity index (χ3v) is 20.4. The zero-order chi connectivity index (χ0) is 17.7. The van der Waals surface area contributed by atoms with Crippen molar-refractivity contribution in [1.29, 1.82) is 0 Å². The molecule has 0 aliphatic carbocycles. The molecule has 0 spiro atoms. The van der Waals surface area contributed by atoms with Gasteiger partial charge in [-0.15, -0.1) is 0 Å². The van der Waals surface area contributed by atoms with Gasteiger partial charge in [-0.1, -0.05) is 107 Å². The molecule has 0 aromatic heterocycles. The van der Waals surface area contributed by atoms with Gasteiger partial charge in [-0.3, -0.25) is 0 Å². The normalized spacial score (nSPS) is 16.2. The van der Waals surface area contributed by atoms with Gasteiger partial charge in [0.05, 0.1) is 12.5 Å². The summed E-state index contributed by atoms with van der Waals surface area (Å²) in [6, 6.07) is 0. The Morgan fingerprint density at radius 3 is 0.714 bits per heavy atom. The lowest BCUT2D eigenvalue weighted by Gasteiger charge is -2.53. The molecule has 0 bridgehead atoms. The second-order valence-electron chi connectivity index (χ2n) is 9.87. The Bertz CT molecular complexity index is 388. The van der Waals surface area contributed by atoms with Crippen LogP contribution in [0.15, 0.2) is 0 Å². The largest absolute Gasteiger partial charge is 0.318 e. The number of hydrogen-bond donors (Lipinski definition) is 0. The third kappa shape index (κ3) is 4.21. The van der Waals surface area contributed by atoms with E-state index in [0.717, 1.165) is 0 Å². The molecular weight excluding hydrogens is 334 g/mol. The van der Waals surface area contributed by atoms with E-state index in [2.05, 4.69) is 83.1 Å². The maximum absolute atomic E-state index is 6.94. The van der Waals surface area contributed by atoms with Gasteiger partial charge in [0.2, 0.25) is 0 Å². The minimum Gasteiger partial charge on any atom is -0.318 e. The molecule has 0 heterocycles. The first-order valence-corrected chi connectivity index (χ1v) is 13.1. The summed E-state index contributed by atoms with van der Waals surface area (Å²) in [5.41, 5.74) is 0. The van der Waals surface area contributed by atoms with Crippen LogP contribution in [-0.2, 0) is 27.9 Å². The first-order chi connectivity index (χ1) is 8.71. The van der Waals surface area contributed by atoms with E-state index in [4.69, 9.17) is 27.9 Å². The first kappa shape index (κ1) is 22.3. The monoisotopic (exact) mass is 370 g/mol. The van der Waals surface area contributed by atoms with Crippen LogP contribution < -0.4 is 0 Å². The Morgan fingerprint density at radius 1 is 0.476 bits per heavy atom. The van der Waals surface area contributed by atoms with Crippen LogP contribution >= 0.6 is 12.5 Å². The van der Waals surface area contributed by atoms with Gasteiger partial charge in [0.15, 0.2) is 0 Å². The molecule has 0 N–H and O–H groups in total. The van der Waals surface area contributed by atoms with Crippen molar-refractivity contribution in [3.63, 3.8) is 0 Å². The Balaban J connectivity index is 6.31. The van der Waals surface area contributed by atoms with Crippen molar-refractivity contribution in [3.05, 3.63) is 0 Å². The quantitative estimate of drug-likeness (QED) is 0.485. The summed E-state index contributed by atoms with van der Waals surface area (Å²) in [7, 11) is 0. The predicted molar refractivity (Wildman–Crippen MR) is 109 cm³/mol. The number of rotatable bonds is 2. The smallest absolute Gasteiger partial charge is 0.0830 e. The highest BCUT2D eigenvalue weighted by atomic mass is 32.5. The van der Waals surface area contributed by atoms with Crippen LogP contribution in [0, 0.1) is 0 Å².